The highest BCUT2D eigenvalue weighted by atomic mass is 33.1. The molecule has 2 atom stereocenters. The molecule has 10 heteroatoms. The van der Waals surface area contributed by atoms with Crippen LogP contribution >= 0.6 is 21.6 Å². The molecule has 0 aliphatic rings. The molecule has 0 heterocycles. The van der Waals surface area contributed by atoms with Gasteiger partial charge in [0.25, 0.3) is 0 Å². The van der Waals surface area contributed by atoms with Gasteiger partial charge in [-0.2, -0.15) is 0 Å². The highest BCUT2D eigenvalue weighted by molar-refractivity contribution is 8.78. The van der Waals surface area contributed by atoms with Crippen LogP contribution < -0.4 is 0 Å². The van der Waals surface area contributed by atoms with Gasteiger partial charge in [-0.15, -0.1) is 0 Å². The summed E-state index contributed by atoms with van der Waals surface area (Å²) in [4.78, 5) is 0. The third-order valence-electron chi connectivity index (χ3n) is 4.53. The number of ether oxygens (including phenoxy) is 6. The predicted molar refractivity (Wildman–Crippen MR) is 127 cm³/mol. The van der Waals surface area contributed by atoms with Crippen LogP contribution in [-0.4, -0.2) is 80.8 Å². The topological polar surface area (TPSA) is 55.4 Å². The van der Waals surface area contributed by atoms with Crippen molar-refractivity contribution in [2.45, 2.75) is 76.1 Å². The van der Waals surface area contributed by atoms with Crippen molar-refractivity contribution in [2.24, 2.45) is 0 Å². The Bertz CT molecular complexity index is 385. The third kappa shape index (κ3) is 7.24. The molecule has 0 rings (SSSR count). The molecule has 6 nitrogen and oxygen atoms in total. The van der Waals surface area contributed by atoms with Gasteiger partial charge in [0.05, 0.1) is 20.5 Å². The fraction of sp³-hybridized carbons (Fsp3) is 1.00. The van der Waals surface area contributed by atoms with Gasteiger partial charge < -0.3 is 28.4 Å². The Morgan fingerprint density at radius 3 is 0.893 bits per heavy atom. The number of hydrogen-bond acceptors (Lipinski definition) is 8. The first-order valence-corrected chi connectivity index (χ1v) is 14.4. The first-order valence-electron chi connectivity index (χ1n) is 10.3. The van der Waals surface area contributed by atoms with Crippen molar-refractivity contribution in [1.29, 1.82) is 0 Å². The van der Waals surface area contributed by atoms with Crippen LogP contribution in [-0.2, 0) is 28.4 Å². The van der Waals surface area contributed by atoms with Crippen LogP contribution in [0.1, 0.15) is 55.4 Å². The van der Waals surface area contributed by atoms with Crippen LogP contribution in [0.2, 0.25) is 0 Å². The van der Waals surface area contributed by atoms with E-state index < -0.39 is 20.7 Å². The van der Waals surface area contributed by atoms with Crippen LogP contribution in [0.3, 0.4) is 0 Å². The Hall–Kier alpha value is 0.894. The molecule has 0 saturated carbocycles. The second-order valence-electron chi connectivity index (χ2n) is 6.55. The summed E-state index contributed by atoms with van der Waals surface area (Å²) >= 11 is 0. The first-order chi connectivity index (χ1) is 13.1. The maximum atomic E-state index is 6.24. The Labute approximate surface area is 186 Å². The minimum absolute atomic E-state index is 0.547. The third-order valence-corrected chi connectivity index (χ3v) is 13.8. The molecule has 170 valence electrons. The number of hydrogen-bond donors (Lipinski definition) is 0. The Morgan fingerprint density at radius 2 is 0.714 bits per heavy atom. The van der Waals surface area contributed by atoms with Crippen molar-refractivity contribution in [2.75, 3.05) is 39.6 Å². The molecule has 0 radical (unpaired) electrons. The molecule has 28 heavy (non-hydrogen) atoms. The van der Waals surface area contributed by atoms with Crippen LogP contribution in [0.4, 0.5) is 0 Å². The largest absolute Gasteiger partial charge is 0.363 e. The lowest BCUT2D eigenvalue weighted by Crippen LogP contribution is -2.58. The molecular formula is C18H42O6S2Si2. The molecule has 0 aromatic heterocycles. The molecule has 0 bridgehead atoms. The summed E-state index contributed by atoms with van der Waals surface area (Å²) in [6.45, 7) is 19.2. The lowest BCUT2D eigenvalue weighted by Gasteiger charge is -2.48. The zero-order chi connectivity index (χ0) is 21.9. The van der Waals surface area contributed by atoms with Gasteiger partial charge >= 0.3 is 0 Å². The molecule has 0 amide bonds. The highest BCUT2D eigenvalue weighted by Crippen LogP contribution is 2.52. The van der Waals surface area contributed by atoms with E-state index >= 15 is 0 Å². The van der Waals surface area contributed by atoms with E-state index in [1.54, 1.807) is 21.6 Å². The van der Waals surface area contributed by atoms with E-state index in [0.717, 1.165) is 0 Å². The van der Waals surface area contributed by atoms with E-state index in [9.17, 15) is 0 Å². The second kappa shape index (κ2) is 13.3. The van der Waals surface area contributed by atoms with Crippen molar-refractivity contribution >= 4 is 42.1 Å². The molecule has 0 aromatic carbocycles. The molecule has 0 spiro atoms. The van der Waals surface area contributed by atoms with Crippen molar-refractivity contribution < 1.29 is 28.4 Å². The van der Waals surface area contributed by atoms with E-state index in [0.29, 0.717) is 60.1 Å². The van der Waals surface area contributed by atoms with Crippen molar-refractivity contribution in [3.8, 4) is 0 Å². The standard InChI is InChI=1S/C18H42O6S2Si2/c1-9-19-15(7,20-10-2)17(27,23-13-5)25-26-18(28,24-14-6)16(8,21-11-3)22-12-4/h9-14H2,1-8,27-28H3. The predicted octanol–water partition coefficient (Wildman–Crippen LogP) is 2.06. The lowest BCUT2D eigenvalue weighted by molar-refractivity contribution is -0.269. The average Bonchev–Trinajstić information content (AvgIpc) is 2.61. The van der Waals surface area contributed by atoms with E-state index in [2.05, 4.69) is 0 Å². The Kier molecular flexibility index (Phi) is 13.8. The van der Waals surface area contributed by atoms with E-state index in [1.807, 2.05) is 55.4 Å². The fourth-order valence-corrected chi connectivity index (χ4v) is 8.88. The lowest BCUT2D eigenvalue weighted by atomic mass is 10.3. The van der Waals surface area contributed by atoms with Gasteiger partial charge in [0.15, 0.2) is 9.11 Å². The Balaban J connectivity index is 5.83. The minimum Gasteiger partial charge on any atom is -0.363 e. The molecule has 0 aliphatic heterocycles. The Morgan fingerprint density at radius 1 is 0.500 bits per heavy atom. The minimum atomic E-state index is -0.849. The van der Waals surface area contributed by atoms with E-state index in [1.165, 1.54) is 0 Å². The average molecular weight is 475 g/mol. The fourth-order valence-electron chi connectivity index (χ4n) is 2.88. The second-order valence-corrected chi connectivity index (χ2v) is 13.7. The summed E-state index contributed by atoms with van der Waals surface area (Å²) in [5, 5.41) is 0. The van der Waals surface area contributed by atoms with Crippen LogP contribution in [0.15, 0.2) is 0 Å². The van der Waals surface area contributed by atoms with Gasteiger partial charge in [0, 0.05) is 39.6 Å². The van der Waals surface area contributed by atoms with Crippen LogP contribution in [0.5, 0.6) is 0 Å². The number of rotatable bonds is 17. The molecule has 0 aliphatic carbocycles. The maximum Gasteiger partial charge on any atom is 0.200 e. The van der Waals surface area contributed by atoms with Gasteiger partial charge in [0.1, 0.15) is 0 Å². The van der Waals surface area contributed by atoms with Crippen molar-refractivity contribution in [1.82, 2.24) is 0 Å². The summed E-state index contributed by atoms with van der Waals surface area (Å²) in [6.07, 6.45) is 0. The first kappa shape index (κ1) is 28.9. The normalized spacial score (nSPS) is 17.6. The van der Waals surface area contributed by atoms with E-state index in [-0.39, 0.29) is 0 Å². The van der Waals surface area contributed by atoms with Gasteiger partial charge in [-0.25, -0.2) is 0 Å². The van der Waals surface area contributed by atoms with E-state index in [4.69, 9.17) is 28.4 Å². The van der Waals surface area contributed by atoms with Crippen molar-refractivity contribution in [3.05, 3.63) is 0 Å². The van der Waals surface area contributed by atoms with Crippen LogP contribution in [0.25, 0.3) is 0 Å². The molecule has 2 unspecified atom stereocenters. The van der Waals surface area contributed by atoms with Gasteiger partial charge in [-0.05, 0) is 55.4 Å². The summed E-state index contributed by atoms with van der Waals surface area (Å²) < 4.78 is 35.5. The zero-order valence-corrected chi connectivity index (χ0v) is 25.1. The van der Waals surface area contributed by atoms with Crippen LogP contribution in [0, 0.1) is 0 Å². The molecule has 0 aromatic rings. The van der Waals surface area contributed by atoms with Crippen molar-refractivity contribution in [3.63, 3.8) is 0 Å². The smallest absolute Gasteiger partial charge is 0.200 e. The summed E-state index contributed by atoms with van der Waals surface area (Å²) in [7, 11) is 4.64. The quantitative estimate of drug-likeness (QED) is 0.180. The molecular weight excluding hydrogens is 432 g/mol. The highest BCUT2D eigenvalue weighted by Gasteiger charge is 2.54. The summed E-state index contributed by atoms with van der Waals surface area (Å²) in [5.74, 6) is -1.70. The van der Waals surface area contributed by atoms with Gasteiger partial charge in [-0.3, -0.25) is 0 Å². The zero-order valence-electron chi connectivity index (χ0n) is 19.5. The molecule has 0 N–H and O–H groups in total. The summed E-state index contributed by atoms with van der Waals surface area (Å²) in [5.41, 5.74) is 0. The summed E-state index contributed by atoms with van der Waals surface area (Å²) in [6, 6.07) is 0. The monoisotopic (exact) mass is 474 g/mol. The van der Waals surface area contributed by atoms with Gasteiger partial charge in [0.2, 0.25) is 11.6 Å². The SMILES string of the molecule is CCOC(C)(OCC)C([SiH3])(OCC)SSC([SiH3])(OCC)C(C)(OCC)OCC. The van der Waals surface area contributed by atoms with Gasteiger partial charge in [-0.1, -0.05) is 21.6 Å². The maximum absolute atomic E-state index is 6.24. The molecule has 0 saturated heterocycles. The molecule has 0 fully saturated rings.